The molecule has 2 unspecified atom stereocenters. The monoisotopic (exact) mass is 429 g/mol. The van der Waals surface area contributed by atoms with E-state index >= 15 is 0 Å². The summed E-state index contributed by atoms with van der Waals surface area (Å²) in [6.45, 7) is 11.5. The molecule has 10 heteroatoms. The molecule has 2 saturated heterocycles. The molecule has 0 amide bonds. The van der Waals surface area contributed by atoms with Gasteiger partial charge in [-0.15, -0.1) is 0 Å². The number of hydrogen-bond acceptors (Lipinski definition) is 10. The molecular formula is C19H41O10+. The van der Waals surface area contributed by atoms with Crippen molar-refractivity contribution in [2.24, 2.45) is 0 Å². The van der Waals surface area contributed by atoms with Crippen LogP contribution in [-0.4, -0.2) is 103 Å². The van der Waals surface area contributed by atoms with Gasteiger partial charge in [-0.05, 0) is 41.5 Å². The molecule has 0 aromatic rings. The first kappa shape index (κ1) is 28.6. The van der Waals surface area contributed by atoms with Crippen LogP contribution < -0.4 is 0 Å². The SMILES string of the molecule is CC1(C)OCC(C2COC(C)(C)O2)O1.COC(C)(C)OC.OC[C@@H](O)[C@@H](O)CO.[H+]. The smallest absolute Gasteiger partial charge is 0.394 e. The van der Waals surface area contributed by atoms with E-state index in [0.717, 1.165) is 0 Å². The molecule has 0 aromatic heterocycles. The zero-order valence-corrected chi connectivity index (χ0v) is 18.9. The second-order valence-electron chi connectivity index (χ2n) is 8.04. The normalized spacial score (nSPS) is 27.3. The second kappa shape index (κ2) is 12.5. The minimum absolute atomic E-state index is 0. The lowest BCUT2D eigenvalue weighted by Gasteiger charge is -2.21. The van der Waals surface area contributed by atoms with E-state index in [-0.39, 0.29) is 13.6 Å². The van der Waals surface area contributed by atoms with Crippen LogP contribution in [0.25, 0.3) is 0 Å². The van der Waals surface area contributed by atoms with Crippen molar-refractivity contribution in [2.75, 3.05) is 40.6 Å². The van der Waals surface area contributed by atoms with Gasteiger partial charge in [0.05, 0.1) is 26.4 Å². The van der Waals surface area contributed by atoms with Gasteiger partial charge in [0, 0.05) is 14.2 Å². The molecule has 0 spiro atoms. The van der Waals surface area contributed by atoms with E-state index in [0.29, 0.717) is 13.2 Å². The van der Waals surface area contributed by atoms with E-state index in [9.17, 15) is 0 Å². The highest BCUT2D eigenvalue weighted by atomic mass is 16.8. The third-order valence-electron chi connectivity index (χ3n) is 4.28. The molecule has 2 aliphatic heterocycles. The fraction of sp³-hybridized carbons (Fsp3) is 1.00. The molecule has 0 radical (unpaired) electrons. The molecule has 0 saturated carbocycles. The number of aliphatic hydroxyl groups excluding tert-OH is 4. The Morgan fingerprint density at radius 1 is 0.862 bits per heavy atom. The van der Waals surface area contributed by atoms with Gasteiger partial charge in [-0.25, -0.2) is 0 Å². The molecule has 2 aliphatic rings. The number of ether oxygens (including phenoxy) is 6. The number of hydrogen-bond donors (Lipinski definition) is 4. The van der Waals surface area contributed by atoms with Crippen molar-refractivity contribution >= 4 is 0 Å². The third kappa shape index (κ3) is 11.5. The summed E-state index contributed by atoms with van der Waals surface area (Å²) in [5.74, 6) is -1.39. The quantitative estimate of drug-likeness (QED) is 0.431. The lowest BCUT2D eigenvalue weighted by Crippen LogP contribution is -2.34. The zero-order chi connectivity index (χ0) is 22.9. The number of aliphatic hydroxyl groups is 4. The van der Waals surface area contributed by atoms with E-state index in [1.54, 1.807) is 14.2 Å². The van der Waals surface area contributed by atoms with Crippen LogP contribution in [0, 0.1) is 0 Å². The van der Waals surface area contributed by atoms with Crippen LogP contribution in [0.5, 0.6) is 0 Å². The van der Waals surface area contributed by atoms with Crippen LogP contribution in [0.15, 0.2) is 0 Å². The number of rotatable bonds is 6. The largest absolute Gasteiger partial charge is 1.00 e. The zero-order valence-electron chi connectivity index (χ0n) is 19.9. The highest BCUT2D eigenvalue weighted by Gasteiger charge is 2.44. The predicted molar refractivity (Wildman–Crippen MR) is 105 cm³/mol. The van der Waals surface area contributed by atoms with Gasteiger partial charge in [0.2, 0.25) is 0 Å². The van der Waals surface area contributed by atoms with E-state index < -0.39 is 42.8 Å². The van der Waals surface area contributed by atoms with Crippen LogP contribution in [0.1, 0.15) is 43.0 Å². The second-order valence-corrected chi connectivity index (χ2v) is 8.04. The standard InChI is InChI=1S/C10H18O4.C5H12O2.C4H10O4/c1-9(2)11-5-7(13-9)8-6-12-10(3,4)14-8;1-5(2,6-3)7-4;5-1-3(7)4(8)2-6/h7-8H,5-6H2,1-4H3;1-4H3;3-8H,1-2H2/p+1/t;;3-,4+. The van der Waals surface area contributed by atoms with Crippen molar-refractivity contribution in [3.63, 3.8) is 0 Å². The molecule has 2 heterocycles. The fourth-order valence-corrected chi connectivity index (χ4v) is 2.12. The maximum atomic E-state index is 8.47. The van der Waals surface area contributed by atoms with Gasteiger partial charge in [0.25, 0.3) is 0 Å². The third-order valence-corrected chi connectivity index (χ3v) is 4.28. The Labute approximate surface area is 175 Å². The van der Waals surface area contributed by atoms with Crippen molar-refractivity contribution in [1.82, 2.24) is 0 Å². The van der Waals surface area contributed by atoms with Gasteiger partial charge in [-0.1, -0.05) is 0 Å². The molecule has 4 atom stereocenters. The average molecular weight is 430 g/mol. The van der Waals surface area contributed by atoms with Gasteiger partial charge in [-0.2, -0.15) is 0 Å². The molecule has 2 rings (SSSR count). The minimum atomic E-state index is -1.22. The van der Waals surface area contributed by atoms with Crippen molar-refractivity contribution in [3.05, 3.63) is 0 Å². The Kier molecular flexibility index (Phi) is 12.3. The van der Waals surface area contributed by atoms with E-state index in [1.165, 1.54) is 0 Å². The van der Waals surface area contributed by atoms with Gasteiger partial charge < -0.3 is 48.8 Å². The summed E-state index contributed by atoms with van der Waals surface area (Å²) >= 11 is 0. The van der Waals surface area contributed by atoms with Crippen molar-refractivity contribution in [2.45, 2.75) is 83.3 Å². The average Bonchev–Trinajstić information content (AvgIpc) is 3.22. The van der Waals surface area contributed by atoms with Crippen molar-refractivity contribution in [3.8, 4) is 0 Å². The maximum absolute atomic E-state index is 8.47. The molecule has 0 aromatic carbocycles. The highest BCUT2D eigenvalue weighted by Crippen LogP contribution is 2.31. The van der Waals surface area contributed by atoms with Crippen LogP contribution in [-0.2, 0) is 28.4 Å². The summed E-state index contributed by atoms with van der Waals surface area (Å²) in [7, 11) is 3.23. The molecule has 176 valence electrons. The van der Waals surface area contributed by atoms with Crippen LogP contribution in [0.4, 0.5) is 0 Å². The fourth-order valence-electron chi connectivity index (χ4n) is 2.12. The summed E-state index contributed by atoms with van der Waals surface area (Å²) in [5.41, 5.74) is 0. The van der Waals surface area contributed by atoms with Crippen LogP contribution in [0.3, 0.4) is 0 Å². The minimum Gasteiger partial charge on any atom is -0.394 e. The molecule has 0 bridgehead atoms. The molecule has 29 heavy (non-hydrogen) atoms. The summed E-state index contributed by atoms with van der Waals surface area (Å²) in [5, 5.41) is 33.2. The molecule has 2 fully saturated rings. The van der Waals surface area contributed by atoms with Crippen LogP contribution in [0.2, 0.25) is 0 Å². The Balaban J connectivity index is 0. The Bertz CT molecular complexity index is 409. The maximum Gasteiger partial charge on any atom is 1.00 e. The van der Waals surface area contributed by atoms with E-state index in [2.05, 4.69) is 0 Å². The van der Waals surface area contributed by atoms with Gasteiger partial charge >= 0.3 is 1.43 Å². The van der Waals surface area contributed by atoms with Crippen molar-refractivity contribution < 1.29 is 50.3 Å². The Morgan fingerprint density at radius 3 is 1.31 bits per heavy atom. The number of methoxy groups -OCH3 is 2. The topological polar surface area (TPSA) is 136 Å². The first-order valence-electron chi connectivity index (χ1n) is 9.54. The predicted octanol–water partition coefficient (Wildman–Crippen LogP) is 0.110. The van der Waals surface area contributed by atoms with Gasteiger partial charge in [0.1, 0.15) is 24.4 Å². The molecule has 10 nitrogen and oxygen atoms in total. The van der Waals surface area contributed by atoms with Crippen LogP contribution >= 0.6 is 0 Å². The highest BCUT2D eigenvalue weighted by molar-refractivity contribution is 4.83. The molecule has 4 N–H and O–H groups in total. The van der Waals surface area contributed by atoms with E-state index in [4.69, 9.17) is 48.8 Å². The summed E-state index contributed by atoms with van der Waals surface area (Å²) < 4.78 is 32.1. The molecule has 0 aliphatic carbocycles. The van der Waals surface area contributed by atoms with Gasteiger partial charge in [-0.3, -0.25) is 0 Å². The van der Waals surface area contributed by atoms with E-state index in [1.807, 2.05) is 41.5 Å². The van der Waals surface area contributed by atoms with Gasteiger partial charge in [0.15, 0.2) is 17.4 Å². The lowest BCUT2D eigenvalue weighted by atomic mass is 10.2. The summed E-state index contributed by atoms with van der Waals surface area (Å²) in [6.07, 6.45) is -2.46. The lowest BCUT2D eigenvalue weighted by molar-refractivity contribution is -0.178. The first-order valence-corrected chi connectivity index (χ1v) is 9.54. The molecular weight excluding hydrogens is 388 g/mol. The van der Waals surface area contributed by atoms with Crippen molar-refractivity contribution in [1.29, 1.82) is 0 Å². The summed E-state index contributed by atoms with van der Waals surface area (Å²) in [4.78, 5) is 0. The summed E-state index contributed by atoms with van der Waals surface area (Å²) in [6, 6.07) is 0. The Morgan fingerprint density at radius 2 is 1.17 bits per heavy atom. The Hall–Kier alpha value is -0.400. The first-order chi connectivity index (χ1) is 13.2.